The number of amides is 8. The van der Waals surface area contributed by atoms with Crippen LogP contribution in [0.15, 0.2) is 12.2 Å². The molecule has 0 aromatic rings. The molecule has 0 saturated carbocycles. The topological polar surface area (TPSA) is 243 Å². The van der Waals surface area contributed by atoms with Crippen LogP contribution >= 0.6 is 0 Å². The van der Waals surface area contributed by atoms with Crippen molar-refractivity contribution in [2.24, 2.45) is 59.2 Å². The lowest BCUT2D eigenvalue weighted by atomic mass is 9.84. The summed E-state index contributed by atoms with van der Waals surface area (Å²) in [7, 11) is 10.2. The van der Waals surface area contributed by atoms with Gasteiger partial charge in [0.05, 0.1) is 24.7 Å². The molecule has 20 heteroatoms. The van der Waals surface area contributed by atoms with E-state index in [9.17, 15) is 48.3 Å². The fourth-order valence-corrected chi connectivity index (χ4v) is 11.5. The lowest BCUT2D eigenvalue weighted by Gasteiger charge is -2.41. The molecular weight excluding hydrogens is 1080 g/mol. The number of hydrogen-bond donors (Lipinski definition) is 2. The zero-order valence-corrected chi connectivity index (χ0v) is 56.7. The highest BCUT2D eigenvalue weighted by Gasteiger charge is 2.45. The average Bonchev–Trinajstić information content (AvgIpc) is 3.62. The summed E-state index contributed by atoms with van der Waals surface area (Å²) in [5.74, 6) is -10.7. The van der Waals surface area contributed by atoms with Gasteiger partial charge < -0.3 is 44.7 Å². The van der Waals surface area contributed by atoms with Crippen LogP contribution in [0.3, 0.4) is 0 Å². The number of aliphatic hydroxyl groups excluding tert-OH is 1. The molecule has 1 fully saturated rings. The molecule has 1 saturated heterocycles. The Balaban J connectivity index is 4.32. The lowest BCUT2D eigenvalue weighted by Crippen LogP contribution is -2.61. The first-order valence-electron chi connectivity index (χ1n) is 31.2. The molecule has 1 rings (SSSR count). The standard InChI is InChI=1S/C65H114N8O12/c1-25-27-28-43(15)58(78)57-54(76)34-46(26-2)61(81)67(18)36-55(77)68(19)48(29-37(3)4)53(75)35-47(41(11)12)62(82)69(20)49(30-38(5)6)52(74)33-44(16)59(79)66-45(17)60(80)70(21)50(31-39(7)8)63(83)71(22)51(32-40(9)10)64(84)72(23)56(42(13)14)65(85)73(57)24/h25,27,37-51,56-58,78H,26,28-36H2,1-24H3,(H,66,79)/b27-25+/t43-,44-,45-,46-,47+,48+,49+,50+,51+,56+,57?,58-/m1/s1. The first kappa shape index (κ1) is 77.5. The van der Waals surface area contributed by atoms with E-state index in [4.69, 9.17) is 0 Å². The van der Waals surface area contributed by atoms with Crippen LogP contribution in [0.25, 0.3) is 0 Å². The van der Waals surface area contributed by atoms with E-state index in [1.165, 1.54) is 85.7 Å². The Bertz CT molecular complexity index is 2320. The predicted molar refractivity (Wildman–Crippen MR) is 332 cm³/mol. The minimum Gasteiger partial charge on any atom is -0.390 e. The first-order chi connectivity index (χ1) is 39.2. The summed E-state index contributed by atoms with van der Waals surface area (Å²) >= 11 is 0. The molecule has 486 valence electrons. The zero-order chi connectivity index (χ0) is 66.0. The summed E-state index contributed by atoms with van der Waals surface area (Å²) in [6, 6.07) is -8.09. The second-order valence-electron chi connectivity index (χ2n) is 27.0. The summed E-state index contributed by atoms with van der Waals surface area (Å²) in [5, 5.41) is 14.9. The molecule has 1 heterocycles. The molecule has 0 aromatic carbocycles. The van der Waals surface area contributed by atoms with Crippen LogP contribution in [0.2, 0.25) is 0 Å². The van der Waals surface area contributed by atoms with Crippen LogP contribution in [0.1, 0.15) is 175 Å². The Kier molecular flexibility index (Phi) is 32.2. The van der Waals surface area contributed by atoms with Crippen molar-refractivity contribution in [1.82, 2.24) is 39.6 Å². The van der Waals surface area contributed by atoms with Gasteiger partial charge in [-0.1, -0.05) is 116 Å². The Labute approximate surface area is 511 Å². The van der Waals surface area contributed by atoms with E-state index in [1.807, 2.05) is 68.4 Å². The molecule has 1 aliphatic rings. The number of likely N-dealkylation sites (N-methyl/N-ethyl adjacent to an activating group) is 7. The molecule has 12 atom stereocenters. The maximum atomic E-state index is 15.2. The minimum atomic E-state index is -1.49. The number of rotatable bonds is 15. The molecule has 0 bridgehead atoms. The zero-order valence-electron chi connectivity index (χ0n) is 56.7. The van der Waals surface area contributed by atoms with Crippen molar-refractivity contribution in [3.8, 4) is 0 Å². The normalized spacial score (nSPS) is 27.2. The number of nitrogens with zero attached hydrogens (tertiary/aromatic N) is 7. The van der Waals surface area contributed by atoms with E-state index in [0.29, 0.717) is 6.42 Å². The van der Waals surface area contributed by atoms with Gasteiger partial charge in [0.25, 0.3) is 0 Å². The molecule has 1 aliphatic heterocycles. The van der Waals surface area contributed by atoms with Crippen molar-refractivity contribution in [1.29, 1.82) is 0 Å². The largest absolute Gasteiger partial charge is 0.390 e. The lowest BCUT2D eigenvalue weighted by molar-refractivity contribution is -0.157. The van der Waals surface area contributed by atoms with Gasteiger partial charge in [-0.3, -0.25) is 52.7 Å². The maximum absolute atomic E-state index is 15.2. The summed E-state index contributed by atoms with van der Waals surface area (Å²) in [6.07, 6.45) is 2.59. The fraction of sp³-hybridized carbons (Fsp3) is 0.800. The predicted octanol–water partition coefficient (Wildman–Crippen LogP) is 6.54. The van der Waals surface area contributed by atoms with Gasteiger partial charge in [-0.2, -0.15) is 0 Å². The molecular formula is C65H114N8O12. The molecule has 0 radical (unpaired) electrons. The summed E-state index contributed by atoms with van der Waals surface area (Å²) in [6.45, 7) is 30.1. The SMILES string of the molecule is C/C=C/C[C@@H](C)[C@@H](O)C1C(=O)C[C@@H](CC)C(=O)N(C)CC(=O)N(C)[C@@H](CC(C)C)C(=O)C[C@@H](C(C)C)C(=O)N(C)[C@@H](CC(C)C)C(=O)C[C@@H](C)C(=O)N[C@H](C)C(=O)N(C)[C@@H](CC(C)C)C(=O)N(C)[C@@H](CC(C)C)C(=O)N(C)[C@@H](C(C)C)C(=O)N1C. The van der Waals surface area contributed by atoms with Crippen molar-refractivity contribution in [2.75, 3.05) is 55.9 Å². The smallest absolute Gasteiger partial charge is 0.246 e. The highest BCUT2D eigenvalue weighted by atomic mass is 16.3. The summed E-state index contributed by atoms with van der Waals surface area (Å²) < 4.78 is 0. The molecule has 1 unspecified atom stereocenters. The van der Waals surface area contributed by atoms with E-state index in [2.05, 4.69) is 5.32 Å². The Morgan fingerprint density at radius 1 is 0.494 bits per heavy atom. The number of Topliss-reactive ketones (excluding diaryl/α,β-unsaturated/α-hetero) is 3. The quantitative estimate of drug-likeness (QED) is 0.166. The molecule has 0 aromatic heterocycles. The summed E-state index contributed by atoms with van der Waals surface area (Å²) in [5.41, 5.74) is 0. The first-order valence-corrected chi connectivity index (χ1v) is 31.2. The number of aliphatic hydroxyl groups is 1. The third kappa shape index (κ3) is 22.0. The van der Waals surface area contributed by atoms with E-state index >= 15 is 9.59 Å². The van der Waals surface area contributed by atoms with Crippen LogP contribution in [-0.4, -0.2) is 208 Å². The number of hydrogen-bond acceptors (Lipinski definition) is 12. The average molecular weight is 1200 g/mol. The third-order valence-corrected chi connectivity index (χ3v) is 17.1. The highest BCUT2D eigenvalue weighted by molar-refractivity contribution is 5.99. The van der Waals surface area contributed by atoms with Gasteiger partial charge in [-0.05, 0) is 93.8 Å². The van der Waals surface area contributed by atoms with E-state index in [0.717, 1.165) is 4.90 Å². The van der Waals surface area contributed by atoms with Crippen molar-refractivity contribution in [3.63, 3.8) is 0 Å². The van der Waals surface area contributed by atoms with Gasteiger partial charge in [0.1, 0.15) is 30.2 Å². The van der Waals surface area contributed by atoms with E-state index in [1.54, 1.807) is 54.5 Å². The number of carbonyl (C=O) groups is 11. The van der Waals surface area contributed by atoms with Gasteiger partial charge >= 0.3 is 0 Å². The van der Waals surface area contributed by atoms with Crippen molar-refractivity contribution < 1.29 is 57.8 Å². The Hall–Kier alpha value is -5.53. The van der Waals surface area contributed by atoms with E-state index < -0.39 is 144 Å². The summed E-state index contributed by atoms with van der Waals surface area (Å²) in [4.78, 5) is 170. The molecule has 85 heavy (non-hydrogen) atoms. The highest BCUT2D eigenvalue weighted by Crippen LogP contribution is 2.29. The van der Waals surface area contributed by atoms with Crippen LogP contribution in [0, 0.1) is 59.2 Å². The van der Waals surface area contributed by atoms with Crippen LogP contribution in [0.4, 0.5) is 0 Å². The maximum Gasteiger partial charge on any atom is 0.246 e. The van der Waals surface area contributed by atoms with Crippen LogP contribution in [0.5, 0.6) is 0 Å². The monoisotopic (exact) mass is 1200 g/mol. The van der Waals surface area contributed by atoms with Gasteiger partial charge in [0, 0.05) is 86.3 Å². The number of ketones is 3. The van der Waals surface area contributed by atoms with Crippen molar-refractivity contribution >= 4 is 64.6 Å². The molecule has 8 amide bonds. The van der Waals surface area contributed by atoms with Gasteiger partial charge in [0.2, 0.25) is 47.3 Å². The van der Waals surface area contributed by atoms with Crippen molar-refractivity contribution in [3.05, 3.63) is 12.2 Å². The second-order valence-corrected chi connectivity index (χ2v) is 27.0. The Morgan fingerprint density at radius 3 is 1.36 bits per heavy atom. The van der Waals surface area contributed by atoms with Gasteiger partial charge in [-0.15, -0.1) is 0 Å². The number of nitrogens with one attached hydrogen (secondary N) is 1. The minimum absolute atomic E-state index is 0.0648. The van der Waals surface area contributed by atoms with Crippen molar-refractivity contribution in [2.45, 2.75) is 224 Å². The number of carbonyl (C=O) groups excluding carboxylic acids is 11. The molecule has 20 nitrogen and oxygen atoms in total. The van der Waals surface area contributed by atoms with E-state index in [-0.39, 0.29) is 86.1 Å². The van der Waals surface area contributed by atoms with Gasteiger partial charge in [0.15, 0.2) is 17.3 Å². The molecule has 0 spiro atoms. The third-order valence-electron chi connectivity index (χ3n) is 17.1. The second kappa shape index (κ2) is 35.3. The fourth-order valence-electron chi connectivity index (χ4n) is 11.5. The molecule has 2 N–H and O–H groups in total. The van der Waals surface area contributed by atoms with Gasteiger partial charge in [-0.25, -0.2) is 0 Å². The molecule has 0 aliphatic carbocycles. The Morgan fingerprint density at radius 2 is 0.918 bits per heavy atom. The van der Waals surface area contributed by atoms with Crippen LogP contribution in [-0.2, 0) is 52.7 Å². The number of allylic oxidation sites excluding steroid dienone is 2. The van der Waals surface area contributed by atoms with Crippen LogP contribution < -0.4 is 5.32 Å².